The van der Waals surface area contributed by atoms with Crippen molar-refractivity contribution in [3.63, 3.8) is 0 Å². The molecule has 0 aromatic heterocycles. The molecule has 1 aromatic carbocycles. The van der Waals surface area contributed by atoms with Gasteiger partial charge in [0.1, 0.15) is 0 Å². The van der Waals surface area contributed by atoms with Gasteiger partial charge in [0.2, 0.25) is 0 Å². The van der Waals surface area contributed by atoms with E-state index in [0.29, 0.717) is 17.1 Å². The number of nitro groups is 1. The summed E-state index contributed by atoms with van der Waals surface area (Å²) in [7, 11) is 4.95. The van der Waals surface area contributed by atoms with Gasteiger partial charge in [-0.25, -0.2) is 0 Å². The van der Waals surface area contributed by atoms with Crippen LogP contribution in [0.3, 0.4) is 0 Å². The number of methoxy groups -OCH3 is 2. The predicted octanol–water partition coefficient (Wildman–Crippen LogP) is 3.45. The molecule has 1 aliphatic rings. The molecule has 6 heteroatoms. The SMILES string of the molecule is COc1cc(C2C=C(C)N(C)C(C)=C2)c([N+](=O)[O-])cc1OC. The molecule has 0 spiro atoms. The van der Waals surface area contributed by atoms with Gasteiger partial charge in [0.05, 0.1) is 25.2 Å². The molecule has 0 bridgehead atoms. The van der Waals surface area contributed by atoms with E-state index in [4.69, 9.17) is 9.47 Å². The highest BCUT2D eigenvalue weighted by Crippen LogP contribution is 2.40. The second-order valence-electron chi connectivity index (χ2n) is 5.22. The molecule has 1 heterocycles. The summed E-state index contributed by atoms with van der Waals surface area (Å²) >= 11 is 0. The normalized spacial score (nSPS) is 15.2. The highest BCUT2D eigenvalue weighted by atomic mass is 16.6. The monoisotopic (exact) mass is 304 g/mol. The maximum absolute atomic E-state index is 11.4. The van der Waals surface area contributed by atoms with Crippen LogP contribution in [0.2, 0.25) is 0 Å². The zero-order valence-corrected chi connectivity index (χ0v) is 13.4. The molecule has 0 saturated heterocycles. The van der Waals surface area contributed by atoms with Crippen molar-refractivity contribution in [1.29, 1.82) is 0 Å². The standard InChI is InChI=1S/C16H20N2O4/c1-10-6-12(7-11(2)17(10)3)13-8-15(21-4)16(22-5)9-14(13)18(19)20/h6-9,12H,1-5H3. The van der Waals surface area contributed by atoms with Crippen LogP contribution in [0, 0.1) is 10.1 Å². The Hall–Kier alpha value is -2.50. The summed E-state index contributed by atoms with van der Waals surface area (Å²) in [6.45, 7) is 3.96. The van der Waals surface area contributed by atoms with Gasteiger partial charge >= 0.3 is 0 Å². The molecule has 2 rings (SSSR count). The lowest BCUT2D eigenvalue weighted by molar-refractivity contribution is -0.385. The lowest BCUT2D eigenvalue weighted by Crippen LogP contribution is -2.19. The maximum atomic E-state index is 11.4. The van der Waals surface area contributed by atoms with Crippen molar-refractivity contribution in [2.75, 3.05) is 21.3 Å². The molecule has 0 amide bonds. The Balaban J connectivity index is 2.61. The molecule has 0 N–H and O–H groups in total. The number of ether oxygens (including phenoxy) is 2. The summed E-state index contributed by atoms with van der Waals surface area (Å²) in [5.74, 6) is 0.669. The molecule has 22 heavy (non-hydrogen) atoms. The van der Waals surface area contributed by atoms with E-state index in [2.05, 4.69) is 0 Å². The average Bonchev–Trinajstić information content (AvgIpc) is 2.50. The largest absolute Gasteiger partial charge is 0.493 e. The summed E-state index contributed by atoms with van der Waals surface area (Å²) in [4.78, 5) is 13.1. The van der Waals surface area contributed by atoms with E-state index >= 15 is 0 Å². The van der Waals surface area contributed by atoms with Crippen molar-refractivity contribution in [2.45, 2.75) is 19.8 Å². The maximum Gasteiger partial charge on any atom is 0.277 e. The van der Waals surface area contributed by atoms with Gasteiger partial charge in [-0.15, -0.1) is 0 Å². The molecule has 0 radical (unpaired) electrons. The fourth-order valence-corrected chi connectivity index (χ4v) is 2.56. The molecule has 1 aromatic rings. The van der Waals surface area contributed by atoms with Gasteiger partial charge in [0, 0.05) is 29.9 Å². The number of nitro benzene ring substituents is 1. The van der Waals surface area contributed by atoms with Gasteiger partial charge in [-0.1, -0.05) is 12.2 Å². The molecular formula is C16H20N2O4. The Morgan fingerprint density at radius 3 is 2.05 bits per heavy atom. The first kappa shape index (κ1) is 15.9. The Morgan fingerprint density at radius 2 is 1.59 bits per heavy atom. The minimum absolute atomic E-state index is 0.0281. The van der Waals surface area contributed by atoms with Gasteiger partial charge in [0.25, 0.3) is 5.69 Å². The van der Waals surface area contributed by atoms with E-state index in [1.54, 1.807) is 6.07 Å². The van der Waals surface area contributed by atoms with Gasteiger partial charge in [0.15, 0.2) is 11.5 Å². The number of hydrogen-bond acceptors (Lipinski definition) is 5. The Bertz CT molecular complexity index is 644. The van der Waals surface area contributed by atoms with Crippen LogP contribution in [0.25, 0.3) is 0 Å². The molecule has 0 saturated carbocycles. The van der Waals surface area contributed by atoms with Crippen LogP contribution in [-0.2, 0) is 0 Å². The Morgan fingerprint density at radius 1 is 1.09 bits per heavy atom. The van der Waals surface area contributed by atoms with Crippen LogP contribution in [0.1, 0.15) is 25.3 Å². The lowest BCUT2D eigenvalue weighted by Gasteiger charge is -2.28. The van der Waals surface area contributed by atoms with E-state index in [1.165, 1.54) is 20.3 Å². The molecule has 0 atom stereocenters. The van der Waals surface area contributed by atoms with Gasteiger partial charge in [-0.2, -0.15) is 0 Å². The fraction of sp³-hybridized carbons (Fsp3) is 0.375. The van der Waals surface area contributed by atoms with Crippen molar-refractivity contribution in [1.82, 2.24) is 4.90 Å². The van der Waals surface area contributed by atoms with Crippen LogP contribution in [0.4, 0.5) is 5.69 Å². The quantitative estimate of drug-likeness (QED) is 0.629. The molecule has 0 fully saturated rings. The van der Waals surface area contributed by atoms with Crippen LogP contribution in [0.5, 0.6) is 11.5 Å². The third kappa shape index (κ3) is 2.77. The first-order valence-corrected chi connectivity index (χ1v) is 6.90. The van der Waals surface area contributed by atoms with Crippen LogP contribution >= 0.6 is 0 Å². The molecule has 118 valence electrons. The summed E-state index contributed by atoms with van der Waals surface area (Å²) in [5, 5.41) is 11.4. The van der Waals surface area contributed by atoms with E-state index in [9.17, 15) is 10.1 Å². The second kappa shape index (κ2) is 6.09. The number of rotatable bonds is 4. The number of hydrogen-bond donors (Lipinski definition) is 0. The summed E-state index contributed by atoms with van der Waals surface area (Å²) in [5.41, 5.74) is 2.72. The number of nitrogens with zero attached hydrogens (tertiary/aromatic N) is 2. The van der Waals surface area contributed by atoms with Gasteiger partial charge < -0.3 is 14.4 Å². The molecule has 6 nitrogen and oxygen atoms in total. The van der Waals surface area contributed by atoms with Crippen molar-refractivity contribution in [3.8, 4) is 11.5 Å². The van der Waals surface area contributed by atoms with Crippen molar-refractivity contribution < 1.29 is 14.4 Å². The second-order valence-corrected chi connectivity index (χ2v) is 5.22. The summed E-state index contributed by atoms with van der Waals surface area (Å²) in [6.07, 6.45) is 4.00. The third-order valence-electron chi connectivity index (χ3n) is 3.99. The highest BCUT2D eigenvalue weighted by molar-refractivity contribution is 5.58. The first-order valence-electron chi connectivity index (χ1n) is 6.90. The highest BCUT2D eigenvalue weighted by Gasteiger charge is 2.26. The van der Waals surface area contributed by atoms with Crippen molar-refractivity contribution >= 4 is 5.69 Å². The Kier molecular flexibility index (Phi) is 4.40. The molecular weight excluding hydrogens is 284 g/mol. The molecule has 0 aliphatic carbocycles. The number of allylic oxidation sites excluding steroid dienone is 4. The molecule has 1 aliphatic heterocycles. The minimum atomic E-state index is -0.387. The number of benzene rings is 1. The average molecular weight is 304 g/mol. The van der Waals surface area contributed by atoms with E-state index in [0.717, 1.165) is 11.4 Å². The van der Waals surface area contributed by atoms with E-state index in [1.807, 2.05) is 37.9 Å². The van der Waals surface area contributed by atoms with E-state index < -0.39 is 0 Å². The topological polar surface area (TPSA) is 64.8 Å². The summed E-state index contributed by atoms with van der Waals surface area (Å²) in [6, 6.07) is 3.10. The van der Waals surface area contributed by atoms with Gasteiger partial charge in [-0.3, -0.25) is 10.1 Å². The third-order valence-corrected chi connectivity index (χ3v) is 3.99. The zero-order valence-electron chi connectivity index (χ0n) is 13.4. The lowest BCUT2D eigenvalue weighted by atomic mass is 9.92. The fourth-order valence-electron chi connectivity index (χ4n) is 2.56. The molecule has 0 unspecified atom stereocenters. The van der Waals surface area contributed by atoms with Gasteiger partial charge in [-0.05, 0) is 19.9 Å². The van der Waals surface area contributed by atoms with Crippen LogP contribution in [-0.4, -0.2) is 31.1 Å². The van der Waals surface area contributed by atoms with E-state index in [-0.39, 0.29) is 16.5 Å². The summed E-state index contributed by atoms with van der Waals surface area (Å²) < 4.78 is 10.4. The van der Waals surface area contributed by atoms with Crippen molar-refractivity contribution in [2.24, 2.45) is 0 Å². The Labute approximate surface area is 129 Å². The van der Waals surface area contributed by atoms with Crippen molar-refractivity contribution in [3.05, 3.63) is 51.4 Å². The first-order chi connectivity index (χ1) is 10.4. The minimum Gasteiger partial charge on any atom is -0.493 e. The van der Waals surface area contributed by atoms with Crippen LogP contribution < -0.4 is 9.47 Å². The predicted molar refractivity (Wildman–Crippen MR) is 84.2 cm³/mol. The zero-order chi connectivity index (χ0) is 16.4. The smallest absolute Gasteiger partial charge is 0.277 e. The van der Waals surface area contributed by atoms with Crippen LogP contribution in [0.15, 0.2) is 35.7 Å².